The number of fused-ring (bicyclic) bond motifs is 10. The predicted molar refractivity (Wildman–Crippen MR) is 216 cm³/mol. The molecule has 0 amide bonds. The van der Waals surface area contributed by atoms with E-state index in [1.807, 2.05) is 48.5 Å². The van der Waals surface area contributed by atoms with Gasteiger partial charge in [-0.25, -0.2) is 0 Å². The van der Waals surface area contributed by atoms with Gasteiger partial charge < -0.3 is 0 Å². The van der Waals surface area contributed by atoms with Gasteiger partial charge in [-0.3, -0.25) is 0 Å². The summed E-state index contributed by atoms with van der Waals surface area (Å²) in [5.41, 5.74) is 7.15. The van der Waals surface area contributed by atoms with Gasteiger partial charge in [0.05, 0.1) is 0 Å². The molecule has 0 aliphatic heterocycles. The van der Waals surface area contributed by atoms with Crippen LogP contribution < -0.4 is 0 Å². The van der Waals surface area contributed by atoms with Crippen LogP contribution in [-0.4, -0.2) is 29.5 Å². The first-order chi connectivity index (χ1) is 25.8. The van der Waals surface area contributed by atoms with Gasteiger partial charge >= 0.3 is 288 Å². The van der Waals surface area contributed by atoms with Crippen LogP contribution >= 0.6 is 0 Å². The number of hydrogen-bond acceptors (Lipinski definition) is 4. The average molecular weight is 729 g/mol. The molecule has 11 rings (SSSR count). The van der Waals surface area contributed by atoms with Crippen molar-refractivity contribution >= 4 is 77.3 Å². The number of nitrogens with zero attached hydrogens (tertiary/aromatic N) is 3. The van der Waals surface area contributed by atoms with Gasteiger partial charge in [-0.15, -0.1) is 0 Å². The Bertz CT molecular complexity index is 3180. The van der Waals surface area contributed by atoms with E-state index in [-0.39, 0.29) is 14.5 Å². The van der Waals surface area contributed by atoms with Crippen LogP contribution in [0.3, 0.4) is 0 Å². The molecule has 0 spiro atoms. The fourth-order valence-electron chi connectivity index (χ4n) is 7.67. The Kier molecular flexibility index (Phi) is 6.53. The van der Waals surface area contributed by atoms with Gasteiger partial charge in [0.25, 0.3) is 0 Å². The van der Waals surface area contributed by atoms with E-state index in [2.05, 4.69) is 115 Å². The molecule has 0 atom stereocenters. The van der Waals surface area contributed by atoms with E-state index >= 15 is 0 Å². The normalized spacial score (nSPS) is 11.8. The molecule has 0 saturated heterocycles. The van der Waals surface area contributed by atoms with Crippen molar-refractivity contribution in [2.45, 2.75) is 0 Å². The van der Waals surface area contributed by atoms with Crippen molar-refractivity contribution in [3.8, 4) is 45.3 Å². The Morgan fingerprint density at radius 2 is 1.00 bits per heavy atom. The minimum atomic E-state index is 0.0975. The molecular formula is C47H27N3OSe. The van der Waals surface area contributed by atoms with Crippen molar-refractivity contribution < 1.29 is 4.42 Å². The summed E-state index contributed by atoms with van der Waals surface area (Å²) in [5, 5.41) is 9.64. The zero-order chi connectivity index (χ0) is 34.2. The Hall–Kier alpha value is -6.39. The summed E-state index contributed by atoms with van der Waals surface area (Å²) in [6.07, 6.45) is 0. The van der Waals surface area contributed by atoms with Crippen LogP contribution in [-0.2, 0) is 0 Å². The van der Waals surface area contributed by atoms with E-state index in [0.29, 0.717) is 17.5 Å². The monoisotopic (exact) mass is 729 g/mol. The van der Waals surface area contributed by atoms with Crippen LogP contribution in [0.2, 0.25) is 0 Å². The molecule has 0 aliphatic carbocycles. The number of para-hydroxylation sites is 1. The molecule has 0 aliphatic rings. The third kappa shape index (κ3) is 4.57. The molecule has 3 aromatic heterocycles. The summed E-state index contributed by atoms with van der Waals surface area (Å²) >= 11 is 0.0975. The molecule has 4 nitrogen and oxygen atoms in total. The van der Waals surface area contributed by atoms with Gasteiger partial charge in [0, 0.05) is 0 Å². The Morgan fingerprint density at radius 3 is 1.85 bits per heavy atom. The molecule has 0 radical (unpaired) electrons. The third-order valence-corrected chi connectivity index (χ3v) is 12.8. The van der Waals surface area contributed by atoms with E-state index in [4.69, 9.17) is 19.4 Å². The maximum atomic E-state index is 6.16. The molecule has 52 heavy (non-hydrogen) atoms. The predicted octanol–water partition coefficient (Wildman–Crippen LogP) is 12.1. The van der Waals surface area contributed by atoms with Crippen LogP contribution in [0.25, 0.3) is 108 Å². The summed E-state index contributed by atoms with van der Waals surface area (Å²) in [6.45, 7) is 0. The molecule has 8 aromatic carbocycles. The van der Waals surface area contributed by atoms with Crippen molar-refractivity contribution in [3.05, 3.63) is 164 Å². The Labute approximate surface area is 304 Å². The van der Waals surface area contributed by atoms with Crippen molar-refractivity contribution in [3.63, 3.8) is 0 Å². The maximum absolute atomic E-state index is 6.16. The van der Waals surface area contributed by atoms with Crippen LogP contribution in [0, 0.1) is 0 Å². The number of furan rings is 1. The van der Waals surface area contributed by atoms with E-state index < -0.39 is 0 Å². The first-order valence-corrected chi connectivity index (χ1v) is 19.1. The number of aromatic nitrogens is 3. The summed E-state index contributed by atoms with van der Waals surface area (Å²) in [4.78, 5) is 15.6. The first-order valence-electron chi connectivity index (χ1n) is 17.4. The van der Waals surface area contributed by atoms with Gasteiger partial charge in [0.15, 0.2) is 0 Å². The molecule has 0 unspecified atom stereocenters. The zero-order valence-corrected chi connectivity index (χ0v) is 29.5. The van der Waals surface area contributed by atoms with Gasteiger partial charge in [-0.1, -0.05) is 12.1 Å². The fraction of sp³-hybridized carbons (Fsp3) is 0. The van der Waals surface area contributed by atoms with Crippen LogP contribution in [0.4, 0.5) is 0 Å². The molecule has 0 N–H and O–H groups in total. The zero-order valence-electron chi connectivity index (χ0n) is 27.7. The standard InChI is InChI=1S/C47H27N3OSe/c1-3-12-28(13-4-1)33-19-11-20-36-37-24-23-35-39(26-30-16-7-8-17-32(30)42(35)44(37)52-43(33)36)47-49-45(29-14-5-2-6-15-29)48-46(50-47)31-22-25-41-38(27-31)34-18-9-10-21-40(34)51-41/h1-27H. The molecule has 0 saturated carbocycles. The molecule has 0 fully saturated rings. The molecule has 5 heteroatoms. The van der Waals surface area contributed by atoms with Gasteiger partial charge in [-0.2, -0.15) is 0 Å². The second kappa shape index (κ2) is 11.6. The minimum absolute atomic E-state index is 0.0975. The summed E-state index contributed by atoms with van der Waals surface area (Å²) in [5.74, 6) is 1.93. The van der Waals surface area contributed by atoms with E-state index in [0.717, 1.165) is 44.0 Å². The van der Waals surface area contributed by atoms with Crippen LogP contribution in [0.15, 0.2) is 168 Å². The quantitative estimate of drug-likeness (QED) is 0.134. The van der Waals surface area contributed by atoms with Crippen molar-refractivity contribution in [1.82, 2.24) is 15.0 Å². The van der Waals surface area contributed by atoms with Crippen molar-refractivity contribution in [2.75, 3.05) is 0 Å². The Balaban J connectivity index is 1.20. The summed E-state index contributed by atoms with van der Waals surface area (Å²) < 4.78 is 9.01. The van der Waals surface area contributed by atoms with Gasteiger partial charge in [0.2, 0.25) is 0 Å². The van der Waals surface area contributed by atoms with Crippen molar-refractivity contribution in [2.24, 2.45) is 0 Å². The van der Waals surface area contributed by atoms with Gasteiger partial charge in [0.1, 0.15) is 0 Å². The first kappa shape index (κ1) is 29.4. The fourth-order valence-corrected chi connectivity index (χ4v) is 10.6. The van der Waals surface area contributed by atoms with E-state index in [9.17, 15) is 0 Å². The average Bonchev–Trinajstić information content (AvgIpc) is 3.79. The van der Waals surface area contributed by atoms with E-state index in [1.165, 1.54) is 46.6 Å². The molecule has 11 aromatic rings. The summed E-state index contributed by atoms with van der Waals surface area (Å²) in [6, 6.07) is 57.7. The Morgan fingerprint density at radius 1 is 0.365 bits per heavy atom. The topological polar surface area (TPSA) is 51.8 Å². The second-order valence-electron chi connectivity index (χ2n) is 13.1. The number of hydrogen-bond donors (Lipinski definition) is 0. The van der Waals surface area contributed by atoms with Crippen molar-refractivity contribution in [1.29, 1.82) is 0 Å². The molecule has 242 valence electrons. The molecular weight excluding hydrogens is 701 g/mol. The van der Waals surface area contributed by atoms with Crippen LogP contribution in [0.5, 0.6) is 0 Å². The van der Waals surface area contributed by atoms with Gasteiger partial charge in [-0.05, 0) is 6.07 Å². The molecule has 3 heterocycles. The van der Waals surface area contributed by atoms with Crippen LogP contribution in [0.1, 0.15) is 0 Å². The SMILES string of the molecule is c1ccc(-c2nc(-c3ccc4oc5ccccc5c4c3)nc(-c3cc4ccccc4c4c3ccc3c5cccc(-c6ccccc6)c5[se]c34)n2)cc1. The second-order valence-corrected chi connectivity index (χ2v) is 15.3. The number of benzene rings is 8. The molecule has 0 bridgehead atoms. The summed E-state index contributed by atoms with van der Waals surface area (Å²) in [7, 11) is 0. The number of rotatable bonds is 4. The van der Waals surface area contributed by atoms with E-state index in [1.54, 1.807) is 0 Å². The third-order valence-electron chi connectivity index (χ3n) is 10.1.